The van der Waals surface area contributed by atoms with Crippen LogP contribution in [0.4, 0.5) is 5.69 Å². The summed E-state index contributed by atoms with van der Waals surface area (Å²) in [5.74, 6) is -0.192. The third kappa shape index (κ3) is 5.81. The van der Waals surface area contributed by atoms with Crippen LogP contribution in [0.1, 0.15) is 22.8 Å². The molecule has 7 nitrogen and oxygen atoms in total. The van der Waals surface area contributed by atoms with Gasteiger partial charge in [0.1, 0.15) is 5.75 Å². The van der Waals surface area contributed by atoms with E-state index in [-0.39, 0.29) is 17.6 Å². The fraction of sp³-hybridized carbons (Fsp3) is 0.391. The lowest BCUT2D eigenvalue weighted by Crippen LogP contribution is -2.48. The second-order valence-electron chi connectivity index (χ2n) is 7.49. The summed E-state index contributed by atoms with van der Waals surface area (Å²) < 4.78 is 5.04. The molecular weight excluding hydrogens is 382 g/mol. The van der Waals surface area contributed by atoms with E-state index in [1.54, 1.807) is 60.4 Å². The molecule has 7 heteroatoms. The lowest BCUT2D eigenvalue weighted by atomic mass is 10.1. The molecule has 0 aromatic heterocycles. The Hall–Kier alpha value is -2.90. The zero-order valence-electron chi connectivity index (χ0n) is 17.6. The number of carbonyl (C=O) groups excluding carboxylic acids is 2. The first kappa shape index (κ1) is 21.8. The number of esters is 1. The zero-order chi connectivity index (χ0) is 21.5. The van der Waals surface area contributed by atoms with Crippen molar-refractivity contribution in [2.24, 2.45) is 0 Å². The Balaban J connectivity index is 1.78. The maximum atomic E-state index is 13.2. The number of benzene rings is 2. The molecule has 0 bridgehead atoms. The molecule has 1 heterocycles. The minimum absolute atomic E-state index is 0.00323. The van der Waals surface area contributed by atoms with Gasteiger partial charge in [-0.3, -0.25) is 9.69 Å². The summed E-state index contributed by atoms with van der Waals surface area (Å²) in [5, 5.41) is 9.55. The summed E-state index contributed by atoms with van der Waals surface area (Å²) in [5.41, 5.74) is 2.08. The van der Waals surface area contributed by atoms with Crippen molar-refractivity contribution in [2.45, 2.75) is 13.5 Å². The Bertz CT molecular complexity index is 844. The van der Waals surface area contributed by atoms with Crippen molar-refractivity contribution in [3.8, 4) is 5.75 Å². The van der Waals surface area contributed by atoms with E-state index in [2.05, 4.69) is 16.8 Å². The number of carbonyl (C=O) groups is 2. The van der Waals surface area contributed by atoms with Crippen LogP contribution in [0.2, 0.25) is 0 Å². The Morgan fingerprint density at radius 1 is 1.00 bits per heavy atom. The van der Waals surface area contributed by atoms with Gasteiger partial charge in [-0.1, -0.05) is 12.1 Å². The first-order chi connectivity index (χ1) is 14.5. The Morgan fingerprint density at radius 3 is 2.23 bits per heavy atom. The Morgan fingerprint density at radius 2 is 1.63 bits per heavy atom. The second-order valence-corrected chi connectivity index (χ2v) is 7.49. The van der Waals surface area contributed by atoms with Crippen LogP contribution in [0.25, 0.3) is 0 Å². The van der Waals surface area contributed by atoms with Crippen LogP contribution >= 0.6 is 0 Å². The zero-order valence-corrected chi connectivity index (χ0v) is 17.6. The van der Waals surface area contributed by atoms with Gasteiger partial charge < -0.3 is 19.6 Å². The number of piperazine rings is 1. The van der Waals surface area contributed by atoms with Gasteiger partial charge in [-0.2, -0.15) is 0 Å². The van der Waals surface area contributed by atoms with Crippen molar-refractivity contribution in [3.05, 3.63) is 59.7 Å². The molecule has 2 aromatic rings. The quantitative estimate of drug-likeness (QED) is 0.705. The summed E-state index contributed by atoms with van der Waals surface area (Å²) >= 11 is 0. The van der Waals surface area contributed by atoms with Gasteiger partial charge >= 0.3 is 5.97 Å². The van der Waals surface area contributed by atoms with E-state index >= 15 is 0 Å². The lowest BCUT2D eigenvalue weighted by molar-refractivity contribution is -0.120. The number of aromatic hydroxyl groups is 1. The number of amides is 1. The Labute approximate surface area is 177 Å². The van der Waals surface area contributed by atoms with Crippen LogP contribution in [0.5, 0.6) is 5.75 Å². The highest BCUT2D eigenvalue weighted by Crippen LogP contribution is 2.21. The SMILES string of the molecule is CCOC(=O)c1ccc(N(Cc2ccc(O)cc2)C(=O)CN2CCN(C)CC2)cc1. The average molecular weight is 412 g/mol. The number of hydrogen-bond donors (Lipinski definition) is 1. The standard InChI is InChI=1S/C23H29N3O4/c1-3-30-23(29)19-6-8-20(9-7-19)26(16-18-4-10-21(27)11-5-18)22(28)17-25-14-12-24(2)13-15-25/h4-11,27H,3,12-17H2,1-2H3. The van der Waals surface area contributed by atoms with Gasteiger partial charge in [0.05, 0.1) is 25.3 Å². The normalized spacial score (nSPS) is 15.0. The number of phenolic OH excluding ortho intramolecular Hbond substituents is 1. The number of nitrogens with zero attached hydrogens (tertiary/aromatic N) is 3. The molecule has 160 valence electrons. The molecular formula is C23H29N3O4. The highest BCUT2D eigenvalue weighted by molar-refractivity contribution is 5.96. The molecule has 1 aliphatic rings. The van der Waals surface area contributed by atoms with Gasteiger partial charge in [0.15, 0.2) is 0 Å². The predicted octanol–water partition coefficient (Wildman–Crippen LogP) is 2.35. The minimum Gasteiger partial charge on any atom is -0.508 e. The molecule has 3 rings (SSSR count). The minimum atomic E-state index is -0.377. The van der Waals surface area contributed by atoms with Crippen LogP contribution in [0.15, 0.2) is 48.5 Å². The van der Waals surface area contributed by atoms with E-state index in [0.29, 0.717) is 25.3 Å². The number of phenols is 1. The monoisotopic (exact) mass is 411 g/mol. The molecule has 1 fully saturated rings. The molecule has 2 aromatic carbocycles. The van der Waals surface area contributed by atoms with E-state index < -0.39 is 0 Å². The molecule has 0 spiro atoms. The maximum absolute atomic E-state index is 13.2. The van der Waals surface area contributed by atoms with Crippen molar-refractivity contribution < 1.29 is 19.4 Å². The summed E-state index contributed by atoms with van der Waals surface area (Å²) in [6, 6.07) is 13.7. The molecule has 1 aliphatic heterocycles. The van der Waals surface area contributed by atoms with E-state index in [4.69, 9.17) is 4.74 Å². The van der Waals surface area contributed by atoms with Crippen molar-refractivity contribution in [3.63, 3.8) is 0 Å². The van der Waals surface area contributed by atoms with Gasteiger partial charge in [-0.25, -0.2) is 4.79 Å². The number of hydrogen-bond acceptors (Lipinski definition) is 6. The topological polar surface area (TPSA) is 73.3 Å². The summed E-state index contributed by atoms with van der Waals surface area (Å²) in [4.78, 5) is 31.3. The predicted molar refractivity (Wildman–Crippen MR) is 116 cm³/mol. The van der Waals surface area contributed by atoms with Crippen molar-refractivity contribution in [1.29, 1.82) is 0 Å². The van der Waals surface area contributed by atoms with Crippen LogP contribution in [0, 0.1) is 0 Å². The smallest absolute Gasteiger partial charge is 0.338 e. The van der Waals surface area contributed by atoms with Crippen molar-refractivity contribution >= 4 is 17.6 Å². The first-order valence-electron chi connectivity index (χ1n) is 10.2. The second kappa shape index (κ2) is 10.2. The molecule has 0 atom stereocenters. The summed E-state index contributed by atoms with van der Waals surface area (Å²) in [7, 11) is 2.08. The van der Waals surface area contributed by atoms with Crippen molar-refractivity contribution in [1.82, 2.24) is 9.80 Å². The van der Waals surface area contributed by atoms with E-state index in [0.717, 1.165) is 37.4 Å². The van der Waals surface area contributed by atoms with E-state index in [1.807, 2.05) is 0 Å². The average Bonchev–Trinajstić information content (AvgIpc) is 2.75. The van der Waals surface area contributed by atoms with Gasteiger partial charge in [0, 0.05) is 31.9 Å². The molecule has 0 radical (unpaired) electrons. The number of ether oxygens (including phenoxy) is 1. The largest absolute Gasteiger partial charge is 0.508 e. The van der Waals surface area contributed by atoms with Crippen molar-refractivity contribution in [2.75, 3.05) is 51.3 Å². The summed E-state index contributed by atoms with van der Waals surface area (Å²) in [6.45, 7) is 6.41. The fourth-order valence-electron chi connectivity index (χ4n) is 3.38. The van der Waals surface area contributed by atoms with Crippen LogP contribution in [-0.2, 0) is 16.1 Å². The number of rotatable bonds is 7. The van der Waals surface area contributed by atoms with E-state index in [9.17, 15) is 14.7 Å². The van der Waals surface area contributed by atoms with Crippen LogP contribution < -0.4 is 4.90 Å². The van der Waals surface area contributed by atoms with E-state index in [1.165, 1.54) is 0 Å². The van der Waals surface area contributed by atoms with Gasteiger partial charge in [0.25, 0.3) is 0 Å². The first-order valence-corrected chi connectivity index (χ1v) is 10.2. The van der Waals surface area contributed by atoms with Crippen LogP contribution in [-0.4, -0.2) is 73.2 Å². The molecule has 1 saturated heterocycles. The number of likely N-dealkylation sites (N-methyl/N-ethyl adjacent to an activating group) is 1. The fourth-order valence-corrected chi connectivity index (χ4v) is 3.38. The molecule has 1 N–H and O–H groups in total. The highest BCUT2D eigenvalue weighted by Gasteiger charge is 2.22. The molecule has 1 amide bonds. The molecule has 0 saturated carbocycles. The van der Waals surface area contributed by atoms with Crippen LogP contribution in [0.3, 0.4) is 0 Å². The highest BCUT2D eigenvalue weighted by atomic mass is 16.5. The molecule has 0 unspecified atom stereocenters. The van der Waals surface area contributed by atoms with Gasteiger partial charge in [-0.15, -0.1) is 0 Å². The number of anilines is 1. The third-order valence-corrected chi connectivity index (χ3v) is 5.22. The molecule has 0 aliphatic carbocycles. The summed E-state index contributed by atoms with van der Waals surface area (Å²) in [6.07, 6.45) is 0. The third-order valence-electron chi connectivity index (χ3n) is 5.22. The molecule has 30 heavy (non-hydrogen) atoms. The maximum Gasteiger partial charge on any atom is 0.338 e. The van der Waals surface area contributed by atoms with Gasteiger partial charge in [-0.05, 0) is 55.9 Å². The lowest BCUT2D eigenvalue weighted by Gasteiger charge is -2.33. The Kier molecular flexibility index (Phi) is 7.43. The van der Waals surface area contributed by atoms with Gasteiger partial charge in [0.2, 0.25) is 5.91 Å².